The highest BCUT2D eigenvalue weighted by Gasteiger charge is 2.58. The molecule has 0 bridgehead atoms. The number of likely N-dealkylation sites (tertiary alicyclic amines) is 1. The van der Waals surface area contributed by atoms with E-state index in [2.05, 4.69) is 21.8 Å². The maximum Gasteiger partial charge on any atom is 0.270 e. The zero-order chi connectivity index (χ0) is 17.4. The summed E-state index contributed by atoms with van der Waals surface area (Å²) in [6, 6.07) is 6.09. The number of nitrogens with zero attached hydrogens (tertiary/aromatic N) is 2. The minimum Gasteiger partial charge on any atom is -0.357 e. The van der Waals surface area contributed by atoms with E-state index in [0.29, 0.717) is 18.3 Å². The summed E-state index contributed by atoms with van der Waals surface area (Å²) in [6.45, 7) is 3.93. The van der Waals surface area contributed by atoms with Crippen LogP contribution in [0.5, 0.6) is 0 Å². The van der Waals surface area contributed by atoms with Crippen LogP contribution in [0.4, 0.5) is 0 Å². The van der Waals surface area contributed by atoms with Crippen molar-refractivity contribution in [3.8, 4) is 0 Å². The van der Waals surface area contributed by atoms with E-state index in [1.54, 1.807) is 24.5 Å². The number of aromatic amines is 1. The van der Waals surface area contributed by atoms with Gasteiger partial charge in [-0.1, -0.05) is 0 Å². The van der Waals surface area contributed by atoms with Crippen molar-refractivity contribution >= 4 is 23.2 Å². The molecule has 1 aliphatic carbocycles. The quantitative estimate of drug-likeness (QED) is 0.914. The topological polar surface area (TPSA) is 56.4 Å². The second kappa shape index (κ2) is 6.33. The van der Waals surface area contributed by atoms with Crippen LogP contribution in [0.2, 0.25) is 0 Å². The summed E-state index contributed by atoms with van der Waals surface area (Å²) in [5, 5.41) is 4.17. The Hall–Kier alpha value is -2.08. The van der Waals surface area contributed by atoms with E-state index >= 15 is 0 Å². The molecule has 25 heavy (non-hydrogen) atoms. The Labute approximate surface area is 151 Å². The minimum atomic E-state index is 0.0822. The van der Waals surface area contributed by atoms with Gasteiger partial charge in [0.15, 0.2) is 0 Å². The number of hydrogen-bond acceptors (Lipinski definition) is 3. The Morgan fingerprint density at radius 2 is 2.16 bits per heavy atom. The number of thiophene rings is 1. The van der Waals surface area contributed by atoms with Gasteiger partial charge in [0.05, 0.1) is 0 Å². The predicted molar refractivity (Wildman–Crippen MR) is 97.3 cm³/mol. The maximum absolute atomic E-state index is 12.5. The first-order valence-corrected chi connectivity index (χ1v) is 9.74. The summed E-state index contributed by atoms with van der Waals surface area (Å²) < 4.78 is 0. The highest BCUT2D eigenvalue weighted by molar-refractivity contribution is 7.07. The maximum atomic E-state index is 12.5. The lowest BCUT2D eigenvalue weighted by atomic mass is 9.92. The van der Waals surface area contributed by atoms with Crippen molar-refractivity contribution in [2.75, 3.05) is 13.1 Å². The molecule has 0 radical (unpaired) electrons. The SMILES string of the molecule is CC(=O)N(Cc1ccsc1)[C@@H]1CC12CCN(C(=O)c1ccc[nH]1)CC2. The van der Waals surface area contributed by atoms with Gasteiger partial charge in [0.2, 0.25) is 5.91 Å². The van der Waals surface area contributed by atoms with Gasteiger partial charge in [0.1, 0.15) is 5.69 Å². The molecule has 132 valence electrons. The van der Waals surface area contributed by atoms with Gasteiger partial charge < -0.3 is 14.8 Å². The van der Waals surface area contributed by atoms with E-state index in [1.807, 2.05) is 21.9 Å². The number of H-pyrrole nitrogens is 1. The average Bonchev–Trinajstić information content (AvgIpc) is 3.07. The Bertz CT molecular complexity index is 746. The van der Waals surface area contributed by atoms with Crippen LogP contribution in [0.3, 0.4) is 0 Å². The van der Waals surface area contributed by atoms with Crippen LogP contribution in [-0.4, -0.2) is 45.7 Å². The molecular weight excluding hydrogens is 334 g/mol. The molecule has 1 saturated carbocycles. The fourth-order valence-corrected chi connectivity index (χ4v) is 4.77. The molecule has 2 aromatic heterocycles. The molecule has 0 unspecified atom stereocenters. The highest BCUT2D eigenvalue weighted by atomic mass is 32.1. The van der Waals surface area contributed by atoms with Crippen LogP contribution < -0.4 is 0 Å². The van der Waals surface area contributed by atoms with Crippen molar-refractivity contribution in [2.24, 2.45) is 5.41 Å². The first-order valence-electron chi connectivity index (χ1n) is 8.80. The van der Waals surface area contributed by atoms with Crippen molar-refractivity contribution in [1.29, 1.82) is 0 Å². The molecule has 3 heterocycles. The lowest BCUT2D eigenvalue weighted by Gasteiger charge is -2.34. The van der Waals surface area contributed by atoms with Crippen LogP contribution in [0.15, 0.2) is 35.2 Å². The number of hydrogen-bond donors (Lipinski definition) is 1. The molecule has 1 saturated heterocycles. The van der Waals surface area contributed by atoms with Crippen molar-refractivity contribution in [3.63, 3.8) is 0 Å². The largest absolute Gasteiger partial charge is 0.357 e. The number of aromatic nitrogens is 1. The van der Waals surface area contributed by atoms with Crippen LogP contribution in [-0.2, 0) is 11.3 Å². The predicted octanol–water partition coefficient (Wildman–Crippen LogP) is 3.12. The fourth-order valence-electron chi connectivity index (χ4n) is 4.11. The van der Waals surface area contributed by atoms with E-state index < -0.39 is 0 Å². The van der Waals surface area contributed by atoms with Crippen molar-refractivity contribution in [2.45, 2.75) is 38.8 Å². The van der Waals surface area contributed by atoms with Gasteiger partial charge >= 0.3 is 0 Å². The number of carbonyl (C=O) groups excluding carboxylic acids is 2. The van der Waals surface area contributed by atoms with Gasteiger partial charge in [-0.15, -0.1) is 0 Å². The van der Waals surface area contributed by atoms with Crippen LogP contribution in [0.1, 0.15) is 42.2 Å². The van der Waals surface area contributed by atoms with Crippen molar-refractivity contribution < 1.29 is 9.59 Å². The summed E-state index contributed by atoms with van der Waals surface area (Å²) in [5.74, 6) is 0.233. The lowest BCUT2D eigenvalue weighted by molar-refractivity contribution is -0.130. The fraction of sp³-hybridized carbons (Fsp3) is 0.474. The van der Waals surface area contributed by atoms with Crippen molar-refractivity contribution in [1.82, 2.24) is 14.8 Å². The van der Waals surface area contributed by atoms with Crippen LogP contribution >= 0.6 is 11.3 Å². The summed E-state index contributed by atoms with van der Waals surface area (Å²) >= 11 is 1.67. The van der Waals surface area contributed by atoms with Gasteiger partial charge in [0.25, 0.3) is 5.91 Å². The molecule has 4 rings (SSSR count). The minimum absolute atomic E-state index is 0.0822. The Balaban J connectivity index is 1.38. The Kier molecular flexibility index (Phi) is 4.15. The standard InChI is InChI=1S/C19H23N3O2S/c1-14(23)22(12-15-4-10-25-13-15)17-11-19(17)5-8-21(9-6-19)18(24)16-3-2-7-20-16/h2-4,7,10,13,17,20H,5-6,8-9,11-12H2,1H3/t17-/m1/s1. The number of nitrogens with one attached hydrogen (secondary N) is 1. The molecule has 2 amide bonds. The molecule has 2 fully saturated rings. The molecule has 0 aromatic carbocycles. The molecular formula is C19H23N3O2S. The van der Waals surface area contributed by atoms with Gasteiger partial charge in [-0.3, -0.25) is 9.59 Å². The summed E-state index contributed by atoms with van der Waals surface area (Å²) in [6.07, 6.45) is 4.82. The van der Waals surface area contributed by atoms with E-state index in [1.165, 1.54) is 5.56 Å². The van der Waals surface area contributed by atoms with Gasteiger partial charge in [-0.2, -0.15) is 11.3 Å². The van der Waals surface area contributed by atoms with Gasteiger partial charge in [-0.25, -0.2) is 0 Å². The monoisotopic (exact) mass is 357 g/mol. The lowest BCUT2D eigenvalue weighted by Crippen LogP contribution is -2.42. The van der Waals surface area contributed by atoms with E-state index in [0.717, 1.165) is 32.4 Å². The second-order valence-corrected chi connectivity index (χ2v) is 8.02. The summed E-state index contributed by atoms with van der Waals surface area (Å²) in [7, 11) is 0. The number of rotatable bonds is 4. The van der Waals surface area contributed by atoms with Gasteiger partial charge in [-0.05, 0) is 59.2 Å². The first-order chi connectivity index (χ1) is 12.1. The van der Waals surface area contributed by atoms with Gasteiger partial charge in [0, 0.05) is 38.8 Å². The molecule has 1 spiro atoms. The molecule has 5 nitrogen and oxygen atoms in total. The molecule has 6 heteroatoms. The normalized spacial score (nSPS) is 21.3. The molecule has 1 N–H and O–H groups in total. The third-order valence-electron chi connectivity index (χ3n) is 5.74. The molecule has 1 aliphatic heterocycles. The number of amides is 2. The first kappa shape index (κ1) is 16.4. The summed E-state index contributed by atoms with van der Waals surface area (Å²) in [4.78, 5) is 31.6. The average molecular weight is 357 g/mol. The van der Waals surface area contributed by atoms with E-state index in [9.17, 15) is 9.59 Å². The highest BCUT2D eigenvalue weighted by Crippen LogP contribution is 2.57. The zero-order valence-corrected chi connectivity index (χ0v) is 15.2. The number of carbonyl (C=O) groups is 2. The smallest absolute Gasteiger partial charge is 0.270 e. The molecule has 2 aromatic rings. The van der Waals surface area contributed by atoms with E-state index in [4.69, 9.17) is 0 Å². The summed E-state index contributed by atoms with van der Waals surface area (Å²) in [5.41, 5.74) is 2.08. The second-order valence-electron chi connectivity index (χ2n) is 7.24. The molecule has 2 aliphatic rings. The zero-order valence-electron chi connectivity index (χ0n) is 14.4. The van der Waals surface area contributed by atoms with Crippen LogP contribution in [0.25, 0.3) is 0 Å². The van der Waals surface area contributed by atoms with Crippen LogP contribution in [0, 0.1) is 5.41 Å². The van der Waals surface area contributed by atoms with Crippen molar-refractivity contribution in [3.05, 3.63) is 46.4 Å². The Morgan fingerprint density at radius 1 is 1.36 bits per heavy atom. The third kappa shape index (κ3) is 3.11. The number of piperidine rings is 1. The molecule has 1 atom stereocenters. The third-order valence-corrected chi connectivity index (χ3v) is 6.47. The Morgan fingerprint density at radius 3 is 2.76 bits per heavy atom. The van der Waals surface area contributed by atoms with E-state index in [-0.39, 0.29) is 17.2 Å².